The summed E-state index contributed by atoms with van der Waals surface area (Å²) in [5.41, 5.74) is 0.264. The van der Waals surface area contributed by atoms with Gasteiger partial charge in [0.25, 0.3) is 5.91 Å². The van der Waals surface area contributed by atoms with Gasteiger partial charge in [0.1, 0.15) is 6.04 Å². The number of benzene rings is 1. The topological polar surface area (TPSA) is 114 Å². The molecule has 140 valence electrons. The van der Waals surface area contributed by atoms with E-state index < -0.39 is 22.0 Å². The van der Waals surface area contributed by atoms with E-state index in [0.29, 0.717) is 6.54 Å². The van der Waals surface area contributed by atoms with Gasteiger partial charge in [-0.25, -0.2) is 13.1 Å². The lowest BCUT2D eigenvalue weighted by atomic mass is 10.2. The van der Waals surface area contributed by atoms with Gasteiger partial charge < -0.3 is 15.4 Å². The summed E-state index contributed by atoms with van der Waals surface area (Å²) >= 11 is 0. The molecule has 0 fully saturated rings. The minimum absolute atomic E-state index is 0.0452. The number of hydrogen-bond acceptors (Lipinski definition) is 5. The van der Waals surface area contributed by atoms with Gasteiger partial charge in [-0.05, 0) is 45.0 Å². The van der Waals surface area contributed by atoms with E-state index in [-0.39, 0.29) is 29.0 Å². The van der Waals surface area contributed by atoms with Crippen LogP contribution in [0.1, 0.15) is 31.1 Å². The molecule has 3 N–H and O–H groups in total. The molecular formula is C16H25N3O5S. The number of likely N-dealkylation sites (N-methyl/N-ethyl adjacent to an activating group) is 1. The molecule has 8 nitrogen and oxygen atoms in total. The van der Waals surface area contributed by atoms with E-state index >= 15 is 0 Å². The molecule has 0 aliphatic carbocycles. The van der Waals surface area contributed by atoms with Gasteiger partial charge in [-0.2, -0.15) is 0 Å². The third kappa shape index (κ3) is 6.45. The Morgan fingerprint density at radius 3 is 2.28 bits per heavy atom. The third-order valence-electron chi connectivity index (χ3n) is 3.29. The van der Waals surface area contributed by atoms with Gasteiger partial charge >= 0.3 is 0 Å². The molecule has 0 unspecified atom stereocenters. The Balaban J connectivity index is 2.78. The van der Waals surface area contributed by atoms with E-state index in [2.05, 4.69) is 15.4 Å². The van der Waals surface area contributed by atoms with E-state index in [1.807, 2.05) is 0 Å². The molecule has 2 amide bonds. The number of carbonyl (C=O) groups is 2. The van der Waals surface area contributed by atoms with Crippen LogP contribution < -0.4 is 15.4 Å². The highest BCUT2D eigenvalue weighted by Crippen LogP contribution is 2.11. The van der Waals surface area contributed by atoms with Crippen LogP contribution in [0.3, 0.4) is 0 Å². The van der Waals surface area contributed by atoms with E-state index in [0.717, 1.165) is 0 Å². The Bertz CT molecular complexity index is 688. The van der Waals surface area contributed by atoms with Crippen molar-refractivity contribution in [1.82, 2.24) is 15.4 Å². The van der Waals surface area contributed by atoms with Gasteiger partial charge in [-0.3, -0.25) is 9.59 Å². The van der Waals surface area contributed by atoms with Crippen molar-refractivity contribution in [2.24, 2.45) is 0 Å². The first kappa shape index (κ1) is 21.1. The minimum Gasteiger partial charge on any atom is -0.383 e. The Hall–Kier alpha value is -1.97. The zero-order valence-corrected chi connectivity index (χ0v) is 15.6. The number of methoxy groups -OCH3 is 1. The van der Waals surface area contributed by atoms with Crippen LogP contribution in [0, 0.1) is 0 Å². The largest absolute Gasteiger partial charge is 0.383 e. The molecule has 0 heterocycles. The fourth-order valence-corrected chi connectivity index (χ4v) is 3.30. The van der Waals surface area contributed by atoms with Gasteiger partial charge in [-0.1, -0.05) is 0 Å². The molecule has 0 aromatic heterocycles. The number of ether oxygens (including phenoxy) is 1. The molecule has 0 aliphatic heterocycles. The Kier molecular flexibility index (Phi) is 8.01. The first-order valence-electron chi connectivity index (χ1n) is 7.91. The fourth-order valence-electron chi connectivity index (χ4n) is 2.08. The molecule has 2 atom stereocenters. The van der Waals surface area contributed by atoms with Crippen LogP contribution in [-0.2, 0) is 19.6 Å². The minimum atomic E-state index is -3.69. The van der Waals surface area contributed by atoms with Crippen molar-refractivity contribution in [2.75, 3.05) is 20.3 Å². The molecule has 1 aromatic rings. The SMILES string of the molecule is CCNC(=O)[C@@H](C)NC(=O)c1ccc(S(=O)(=O)N[C@H](C)COC)cc1. The number of nitrogens with one attached hydrogen (secondary N) is 3. The van der Waals surface area contributed by atoms with Crippen molar-refractivity contribution in [3.05, 3.63) is 29.8 Å². The second-order valence-electron chi connectivity index (χ2n) is 5.59. The van der Waals surface area contributed by atoms with Crippen molar-refractivity contribution in [2.45, 2.75) is 37.8 Å². The maximum absolute atomic E-state index is 12.2. The summed E-state index contributed by atoms with van der Waals surface area (Å²) in [5.74, 6) is -0.741. The third-order valence-corrected chi connectivity index (χ3v) is 4.90. The summed E-state index contributed by atoms with van der Waals surface area (Å²) in [7, 11) is -2.21. The second kappa shape index (κ2) is 9.50. The van der Waals surface area contributed by atoms with E-state index in [4.69, 9.17) is 4.74 Å². The summed E-state index contributed by atoms with van der Waals surface area (Å²) in [6.07, 6.45) is 0. The highest BCUT2D eigenvalue weighted by Gasteiger charge is 2.19. The lowest BCUT2D eigenvalue weighted by Gasteiger charge is -2.14. The van der Waals surface area contributed by atoms with Crippen molar-refractivity contribution in [1.29, 1.82) is 0 Å². The Morgan fingerprint density at radius 1 is 1.16 bits per heavy atom. The zero-order chi connectivity index (χ0) is 19.0. The maximum Gasteiger partial charge on any atom is 0.251 e. The molecule has 9 heteroatoms. The number of carbonyl (C=O) groups excluding carboxylic acids is 2. The van der Waals surface area contributed by atoms with E-state index in [1.165, 1.54) is 31.4 Å². The van der Waals surface area contributed by atoms with E-state index in [1.54, 1.807) is 20.8 Å². The standard InChI is InChI=1S/C16H25N3O5S/c1-5-17-15(20)12(3)18-16(21)13-6-8-14(9-7-13)25(22,23)19-11(2)10-24-4/h6-9,11-12,19H,5,10H2,1-4H3,(H,17,20)(H,18,21)/t11-,12-/m1/s1. The fraction of sp³-hybridized carbons (Fsp3) is 0.500. The molecule has 0 saturated carbocycles. The maximum atomic E-state index is 12.2. The highest BCUT2D eigenvalue weighted by molar-refractivity contribution is 7.89. The molecule has 0 aliphatic rings. The highest BCUT2D eigenvalue weighted by atomic mass is 32.2. The van der Waals surface area contributed by atoms with Crippen LogP contribution >= 0.6 is 0 Å². The van der Waals surface area contributed by atoms with Crippen molar-refractivity contribution in [3.8, 4) is 0 Å². The van der Waals surface area contributed by atoms with Crippen LogP contribution in [0.2, 0.25) is 0 Å². The van der Waals surface area contributed by atoms with Gasteiger partial charge in [-0.15, -0.1) is 0 Å². The molecule has 1 rings (SSSR count). The van der Waals surface area contributed by atoms with Crippen LogP contribution in [0.4, 0.5) is 0 Å². The molecule has 0 saturated heterocycles. The van der Waals surface area contributed by atoms with Crippen LogP contribution in [-0.4, -0.2) is 52.6 Å². The summed E-state index contributed by atoms with van der Waals surface area (Å²) in [4.78, 5) is 23.8. The van der Waals surface area contributed by atoms with Gasteiger partial charge in [0.2, 0.25) is 15.9 Å². The average Bonchev–Trinajstić information content (AvgIpc) is 2.54. The Labute approximate surface area is 148 Å². The zero-order valence-electron chi connectivity index (χ0n) is 14.8. The summed E-state index contributed by atoms with van der Waals surface area (Å²) in [6.45, 7) is 5.76. The predicted molar refractivity (Wildman–Crippen MR) is 93.7 cm³/mol. The normalized spacial score (nSPS) is 13.8. The number of sulfonamides is 1. The average molecular weight is 371 g/mol. The summed E-state index contributed by atoms with van der Waals surface area (Å²) in [6, 6.07) is 4.41. The van der Waals surface area contributed by atoms with Crippen molar-refractivity contribution >= 4 is 21.8 Å². The summed E-state index contributed by atoms with van der Waals surface area (Å²) in [5, 5.41) is 5.16. The number of hydrogen-bond donors (Lipinski definition) is 3. The first-order valence-corrected chi connectivity index (χ1v) is 9.39. The predicted octanol–water partition coefficient (Wildman–Crippen LogP) is 0.254. The molecule has 25 heavy (non-hydrogen) atoms. The Morgan fingerprint density at radius 2 is 1.76 bits per heavy atom. The monoisotopic (exact) mass is 371 g/mol. The molecule has 0 spiro atoms. The van der Waals surface area contributed by atoms with Crippen LogP contribution in [0.5, 0.6) is 0 Å². The van der Waals surface area contributed by atoms with Gasteiger partial charge in [0.05, 0.1) is 11.5 Å². The van der Waals surface area contributed by atoms with Crippen molar-refractivity contribution < 1.29 is 22.7 Å². The number of amides is 2. The summed E-state index contributed by atoms with van der Waals surface area (Å²) < 4.78 is 31.8. The lowest BCUT2D eigenvalue weighted by molar-refractivity contribution is -0.122. The quantitative estimate of drug-likeness (QED) is 0.576. The molecular weight excluding hydrogens is 346 g/mol. The van der Waals surface area contributed by atoms with Gasteiger partial charge in [0.15, 0.2) is 0 Å². The van der Waals surface area contributed by atoms with E-state index in [9.17, 15) is 18.0 Å². The lowest BCUT2D eigenvalue weighted by Crippen LogP contribution is -2.44. The smallest absolute Gasteiger partial charge is 0.251 e. The van der Waals surface area contributed by atoms with Crippen LogP contribution in [0.25, 0.3) is 0 Å². The van der Waals surface area contributed by atoms with Crippen LogP contribution in [0.15, 0.2) is 29.2 Å². The second-order valence-corrected chi connectivity index (χ2v) is 7.31. The van der Waals surface area contributed by atoms with Gasteiger partial charge in [0, 0.05) is 25.3 Å². The molecule has 0 radical (unpaired) electrons. The molecule has 0 bridgehead atoms. The van der Waals surface area contributed by atoms with Crippen molar-refractivity contribution in [3.63, 3.8) is 0 Å². The molecule has 1 aromatic carbocycles. The number of rotatable bonds is 9. The first-order chi connectivity index (χ1) is 11.7.